The van der Waals surface area contributed by atoms with E-state index in [4.69, 9.17) is 5.73 Å². The van der Waals surface area contributed by atoms with E-state index in [0.717, 1.165) is 6.42 Å². The summed E-state index contributed by atoms with van der Waals surface area (Å²) in [6.07, 6.45) is 0.733. The van der Waals surface area contributed by atoms with Crippen LogP contribution in [-0.2, 0) is 0 Å². The van der Waals surface area contributed by atoms with Gasteiger partial charge in [0, 0.05) is 11.6 Å². The Hall–Kier alpha value is -1.09. The van der Waals surface area contributed by atoms with Crippen LogP contribution in [0.25, 0.3) is 0 Å². The van der Waals surface area contributed by atoms with Gasteiger partial charge in [0.05, 0.1) is 0 Å². The Balaban J connectivity index is 2.88. The van der Waals surface area contributed by atoms with Crippen molar-refractivity contribution in [3.05, 3.63) is 29.6 Å². The van der Waals surface area contributed by atoms with Crippen molar-refractivity contribution < 1.29 is 9.50 Å². The average molecular weight is 197 g/mol. The summed E-state index contributed by atoms with van der Waals surface area (Å²) in [4.78, 5) is 0. The topological polar surface area (TPSA) is 46.2 Å². The molecule has 1 aromatic carbocycles. The SMILES string of the molecule is CC(C)C[C@H](N)c1cc(F)ccc1O. The molecule has 3 N–H and O–H groups in total. The van der Waals surface area contributed by atoms with Gasteiger partial charge in [0.15, 0.2) is 0 Å². The summed E-state index contributed by atoms with van der Waals surface area (Å²) in [6, 6.07) is 3.56. The van der Waals surface area contributed by atoms with Crippen molar-refractivity contribution in [2.45, 2.75) is 26.3 Å². The van der Waals surface area contributed by atoms with Crippen LogP contribution < -0.4 is 5.73 Å². The van der Waals surface area contributed by atoms with E-state index in [1.54, 1.807) is 0 Å². The van der Waals surface area contributed by atoms with Crippen LogP contribution in [0.5, 0.6) is 5.75 Å². The Morgan fingerprint density at radius 3 is 2.64 bits per heavy atom. The quantitative estimate of drug-likeness (QED) is 0.782. The molecule has 0 aromatic heterocycles. The average Bonchev–Trinajstić information content (AvgIpc) is 2.08. The second-order valence-corrected chi connectivity index (χ2v) is 3.94. The lowest BCUT2D eigenvalue weighted by Gasteiger charge is -2.15. The molecule has 3 heteroatoms. The Morgan fingerprint density at radius 1 is 1.43 bits per heavy atom. The van der Waals surface area contributed by atoms with Crippen molar-refractivity contribution in [2.24, 2.45) is 11.7 Å². The van der Waals surface area contributed by atoms with Crippen molar-refractivity contribution in [1.29, 1.82) is 0 Å². The van der Waals surface area contributed by atoms with Gasteiger partial charge in [-0.2, -0.15) is 0 Å². The molecule has 1 atom stereocenters. The van der Waals surface area contributed by atoms with Crippen LogP contribution in [0, 0.1) is 11.7 Å². The van der Waals surface area contributed by atoms with Gasteiger partial charge in [0.2, 0.25) is 0 Å². The van der Waals surface area contributed by atoms with Crippen LogP contribution >= 0.6 is 0 Å². The van der Waals surface area contributed by atoms with Gasteiger partial charge in [-0.1, -0.05) is 13.8 Å². The number of hydrogen-bond acceptors (Lipinski definition) is 2. The molecule has 0 aliphatic rings. The third-order valence-electron chi connectivity index (χ3n) is 2.11. The van der Waals surface area contributed by atoms with Gasteiger partial charge in [-0.15, -0.1) is 0 Å². The number of phenols is 1. The van der Waals surface area contributed by atoms with E-state index in [0.29, 0.717) is 11.5 Å². The number of halogens is 1. The number of rotatable bonds is 3. The van der Waals surface area contributed by atoms with Gasteiger partial charge in [-0.05, 0) is 30.5 Å². The smallest absolute Gasteiger partial charge is 0.123 e. The Kier molecular flexibility index (Phi) is 3.47. The van der Waals surface area contributed by atoms with E-state index in [1.807, 2.05) is 13.8 Å². The minimum atomic E-state index is -0.364. The highest BCUT2D eigenvalue weighted by Gasteiger charge is 2.13. The minimum absolute atomic E-state index is 0.0690. The van der Waals surface area contributed by atoms with Gasteiger partial charge in [0.25, 0.3) is 0 Å². The van der Waals surface area contributed by atoms with Crippen molar-refractivity contribution in [3.8, 4) is 5.75 Å². The van der Waals surface area contributed by atoms with Crippen LogP contribution in [0.2, 0.25) is 0 Å². The molecule has 14 heavy (non-hydrogen) atoms. The molecule has 0 fully saturated rings. The highest BCUT2D eigenvalue weighted by atomic mass is 19.1. The first kappa shape index (κ1) is 11.0. The van der Waals surface area contributed by atoms with Gasteiger partial charge >= 0.3 is 0 Å². The maximum absolute atomic E-state index is 12.9. The second-order valence-electron chi connectivity index (χ2n) is 3.94. The monoisotopic (exact) mass is 197 g/mol. The van der Waals surface area contributed by atoms with Crippen LogP contribution in [0.4, 0.5) is 4.39 Å². The molecule has 1 rings (SSSR count). The normalized spacial score (nSPS) is 13.2. The van der Waals surface area contributed by atoms with Crippen molar-refractivity contribution in [3.63, 3.8) is 0 Å². The first-order valence-electron chi connectivity index (χ1n) is 4.74. The fourth-order valence-electron chi connectivity index (χ4n) is 1.46. The Morgan fingerprint density at radius 2 is 2.07 bits per heavy atom. The van der Waals surface area contributed by atoms with E-state index in [9.17, 15) is 9.50 Å². The van der Waals surface area contributed by atoms with Crippen molar-refractivity contribution in [2.75, 3.05) is 0 Å². The molecule has 1 aromatic rings. The summed E-state index contributed by atoms with van der Waals surface area (Å²) in [5.74, 6) is 0.129. The van der Waals surface area contributed by atoms with E-state index in [-0.39, 0.29) is 17.6 Å². The molecular weight excluding hydrogens is 181 g/mol. The van der Waals surface area contributed by atoms with Crippen LogP contribution in [0.3, 0.4) is 0 Å². The molecule has 0 unspecified atom stereocenters. The molecule has 0 saturated heterocycles. The maximum atomic E-state index is 12.9. The second kappa shape index (κ2) is 4.42. The number of aromatic hydroxyl groups is 1. The summed E-state index contributed by atoms with van der Waals surface area (Å²) in [7, 11) is 0. The van der Waals surface area contributed by atoms with Crippen molar-refractivity contribution in [1.82, 2.24) is 0 Å². The zero-order chi connectivity index (χ0) is 10.7. The van der Waals surface area contributed by atoms with E-state index in [2.05, 4.69) is 0 Å². The first-order valence-corrected chi connectivity index (χ1v) is 4.74. The largest absolute Gasteiger partial charge is 0.508 e. The summed E-state index contributed by atoms with van der Waals surface area (Å²) < 4.78 is 12.9. The predicted molar refractivity (Wildman–Crippen MR) is 54.4 cm³/mol. The molecule has 0 spiro atoms. The zero-order valence-electron chi connectivity index (χ0n) is 8.50. The third-order valence-corrected chi connectivity index (χ3v) is 2.11. The molecule has 78 valence electrons. The Bertz CT molecular complexity index is 312. The zero-order valence-corrected chi connectivity index (χ0v) is 8.50. The van der Waals surface area contributed by atoms with Crippen LogP contribution in [-0.4, -0.2) is 5.11 Å². The summed E-state index contributed by atoms with van der Waals surface area (Å²) >= 11 is 0. The lowest BCUT2D eigenvalue weighted by molar-refractivity contribution is 0.442. The maximum Gasteiger partial charge on any atom is 0.123 e. The third kappa shape index (κ3) is 2.70. The van der Waals surface area contributed by atoms with Gasteiger partial charge in [0.1, 0.15) is 11.6 Å². The highest BCUT2D eigenvalue weighted by Crippen LogP contribution is 2.27. The molecule has 0 aliphatic carbocycles. The lowest BCUT2D eigenvalue weighted by Crippen LogP contribution is -2.13. The van der Waals surface area contributed by atoms with Gasteiger partial charge in [-0.3, -0.25) is 0 Å². The molecular formula is C11H16FNO. The summed E-state index contributed by atoms with van der Waals surface area (Å²) in [5.41, 5.74) is 6.32. The van der Waals surface area contributed by atoms with E-state index >= 15 is 0 Å². The molecule has 0 aliphatic heterocycles. The minimum Gasteiger partial charge on any atom is -0.508 e. The molecule has 0 radical (unpaired) electrons. The standard InChI is InChI=1S/C11H16FNO/c1-7(2)5-10(13)9-6-8(12)3-4-11(9)14/h3-4,6-7,10,14H,5,13H2,1-2H3/t10-/m0/s1. The fraction of sp³-hybridized carbons (Fsp3) is 0.455. The van der Waals surface area contributed by atoms with Gasteiger partial charge in [-0.25, -0.2) is 4.39 Å². The number of nitrogens with two attached hydrogens (primary N) is 1. The molecule has 0 amide bonds. The predicted octanol–water partition coefficient (Wildman–Crippen LogP) is 2.58. The number of phenolic OH excluding ortho intramolecular Hbond substituents is 1. The summed E-state index contributed by atoms with van der Waals surface area (Å²) in [6.45, 7) is 4.08. The van der Waals surface area contributed by atoms with Crippen LogP contribution in [0.1, 0.15) is 31.9 Å². The number of benzene rings is 1. The van der Waals surface area contributed by atoms with Crippen molar-refractivity contribution >= 4 is 0 Å². The fourth-order valence-corrected chi connectivity index (χ4v) is 1.46. The van der Waals surface area contributed by atoms with E-state index in [1.165, 1.54) is 18.2 Å². The molecule has 2 nitrogen and oxygen atoms in total. The molecule has 0 saturated carbocycles. The first-order chi connectivity index (χ1) is 6.50. The number of hydrogen-bond donors (Lipinski definition) is 2. The summed E-state index contributed by atoms with van der Waals surface area (Å²) in [5, 5.41) is 9.47. The molecule has 0 heterocycles. The van der Waals surface area contributed by atoms with E-state index < -0.39 is 0 Å². The Labute approximate surface area is 83.6 Å². The van der Waals surface area contributed by atoms with Crippen LogP contribution in [0.15, 0.2) is 18.2 Å². The lowest BCUT2D eigenvalue weighted by atomic mass is 9.97. The molecule has 0 bridgehead atoms. The van der Waals surface area contributed by atoms with Gasteiger partial charge < -0.3 is 10.8 Å². The highest BCUT2D eigenvalue weighted by molar-refractivity contribution is 5.34.